The van der Waals surface area contributed by atoms with Crippen LogP contribution in [0.4, 0.5) is 30.2 Å². The maximum Gasteiger partial charge on any atom is 0.433 e. The second kappa shape index (κ2) is 8.93. The van der Waals surface area contributed by atoms with Crippen LogP contribution in [-0.2, 0) is 15.8 Å². The number of primary amides is 1. The number of amides is 2. The first-order chi connectivity index (χ1) is 16.1. The molecule has 9 nitrogen and oxygen atoms in total. The minimum absolute atomic E-state index is 0.000590. The Labute approximate surface area is 193 Å². The highest BCUT2D eigenvalue weighted by atomic mass is 19.4. The van der Waals surface area contributed by atoms with Crippen LogP contribution in [0.5, 0.6) is 0 Å². The van der Waals surface area contributed by atoms with Gasteiger partial charge in [-0.3, -0.25) is 14.5 Å². The number of likely N-dealkylation sites (N-methyl/N-ethyl adjacent to an activating group) is 2. The average Bonchev–Trinajstić information content (AvgIpc) is 3.39. The minimum atomic E-state index is -4.71. The van der Waals surface area contributed by atoms with E-state index in [1.54, 1.807) is 23.1 Å². The Bertz CT molecular complexity index is 1170. The van der Waals surface area contributed by atoms with Crippen LogP contribution in [0.3, 0.4) is 0 Å². The maximum absolute atomic E-state index is 13.1. The second-order valence-electron chi connectivity index (χ2n) is 8.08. The molecule has 1 fully saturated rings. The van der Waals surface area contributed by atoms with Crippen LogP contribution in [0.25, 0.3) is 5.57 Å². The highest BCUT2D eigenvalue weighted by Gasteiger charge is 2.35. The molecule has 3 heterocycles. The van der Waals surface area contributed by atoms with Crippen molar-refractivity contribution in [3.63, 3.8) is 0 Å². The summed E-state index contributed by atoms with van der Waals surface area (Å²) in [5.41, 5.74) is 5.70. The highest BCUT2D eigenvalue weighted by Crippen LogP contribution is 2.37. The molecule has 12 heteroatoms. The van der Waals surface area contributed by atoms with Gasteiger partial charge in [0.25, 0.3) is 5.91 Å². The molecule has 2 aliphatic rings. The van der Waals surface area contributed by atoms with Crippen molar-refractivity contribution in [3.05, 3.63) is 47.8 Å². The molecule has 1 aromatic heterocycles. The van der Waals surface area contributed by atoms with Crippen LogP contribution >= 0.6 is 0 Å². The summed E-state index contributed by atoms with van der Waals surface area (Å²) >= 11 is 0. The Hall–Kier alpha value is -3.67. The number of hydrogen-bond donors (Lipinski definition) is 3. The lowest BCUT2D eigenvalue weighted by molar-refractivity contribution is -0.141. The molecule has 1 unspecified atom stereocenters. The molecule has 0 aliphatic carbocycles. The Morgan fingerprint density at radius 2 is 1.97 bits per heavy atom. The summed E-state index contributed by atoms with van der Waals surface area (Å²) in [6.45, 7) is 3.21. The largest absolute Gasteiger partial charge is 0.433 e. The van der Waals surface area contributed by atoms with Crippen molar-refractivity contribution in [2.45, 2.75) is 32.0 Å². The first kappa shape index (κ1) is 23.5. The smallest absolute Gasteiger partial charge is 0.365 e. The summed E-state index contributed by atoms with van der Waals surface area (Å²) in [5.74, 6) is -1.40. The summed E-state index contributed by atoms with van der Waals surface area (Å²) in [6, 6.07) is 5.73. The molecule has 34 heavy (non-hydrogen) atoms. The quantitative estimate of drug-likeness (QED) is 0.570. The number of benzene rings is 1. The Morgan fingerprint density at radius 1 is 1.24 bits per heavy atom. The number of nitrogens with zero attached hydrogens (tertiary/aromatic N) is 4. The van der Waals surface area contributed by atoms with Crippen molar-refractivity contribution in [3.8, 4) is 0 Å². The lowest BCUT2D eigenvalue weighted by Crippen LogP contribution is -2.44. The molecule has 2 amide bonds. The van der Waals surface area contributed by atoms with E-state index in [9.17, 15) is 22.8 Å². The van der Waals surface area contributed by atoms with Gasteiger partial charge in [-0.1, -0.05) is 0 Å². The van der Waals surface area contributed by atoms with E-state index < -0.39 is 23.6 Å². The van der Waals surface area contributed by atoms with Gasteiger partial charge in [0.1, 0.15) is 17.1 Å². The van der Waals surface area contributed by atoms with E-state index >= 15 is 0 Å². The number of aromatic nitrogens is 2. The second-order valence-corrected chi connectivity index (χ2v) is 8.08. The van der Waals surface area contributed by atoms with Crippen LogP contribution in [0.2, 0.25) is 0 Å². The first-order valence-electron chi connectivity index (χ1n) is 10.7. The lowest BCUT2D eigenvalue weighted by atomic mass is 10.1. The number of carbonyl (C=O) groups is 2. The maximum atomic E-state index is 13.1. The molecule has 1 aromatic carbocycles. The molecule has 0 saturated carbocycles. The fraction of sp³-hybridized carbons (Fsp3) is 0.364. The van der Waals surface area contributed by atoms with Crippen LogP contribution in [0.1, 0.15) is 31.3 Å². The van der Waals surface area contributed by atoms with E-state index in [0.717, 1.165) is 25.6 Å². The number of anilines is 3. The SMILES string of the molecule is CCN(C(=O)C1CCCN1C)c1ccc2c(c1)NC(=C(C(N)=O)c1nccc(C(F)(F)F)n1)N2. The molecular formula is C22H24F3N7O2. The van der Waals surface area contributed by atoms with Crippen molar-refractivity contribution in [2.24, 2.45) is 5.73 Å². The first-order valence-corrected chi connectivity index (χ1v) is 10.7. The summed E-state index contributed by atoms with van der Waals surface area (Å²) < 4.78 is 39.3. The molecule has 1 atom stereocenters. The number of rotatable bonds is 5. The minimum Gasteiger partial charge on any atom is -0.365 e. The van der Waals surface area contributed by atoms with E-state index in [-0.39, 0.29) is 23.3 Å². The van der Waals surface area contributed by atoms with E-state index in [4.69, 9.17) is 5.73 Å². The van der Waals surface area contributed by atoms with Gasteiger partial charge in [0, 0.05) is 18.4 Å². The number of alkyl halides is 3. The summed E-state index contributed by atoms with van der Waals surface area (Å²) in [4.78, 5) is 36.3. The van der Waals surface area contributed by atoms with Gasteiger partial charge in [-0.2, -0.15) is 13.2 Å². The van der Waals surface area contributed by atoms with Crippen molar-refractivity contribution >= 4 is 34.4 Å². The standard InChI is InChI=1S/C22H24F3N7O2/c1-3-32(21(34)15-5-4-10-31(15)2)12-6-7-13-14(11-12)29-20(28-13)17(18(26)33)19-27-9-8-16(30-19)22(23,24)25/h6-9,11,15,28-29H,3-5,10H2,1-2H3,(H2,26,33). The van der Waals surface area contributed by atoms with Gasteiger partial charge in [-0.25, -0.2) is 9.97 Å². The monoisotopic (exact) mass is 475 g/mol. The fourth-order valence-electron chi connectivity index (χ4n) is 4.19. The predicted molar refractivity (Wildman–Crippen MR) is 121 cm³/mol. The Balaban J connectivity index is 1.66. The zero-order chi connectivity index (χ0) is 24.6. The zero-order valence-electron chi connectivity index (χ0n) is 18.6. The van der Waals surface area contributed by atoms with Crippen molar-refractivity contribution < 1.29 is 22.8 Å². The number of nitrogens with one attached hydrogen (secondary N) is 2. The van der Waals surface area contributed by atoms with Crippen LogP contribution in [-0.4, -0.2) is 52.9 Å². The number of halogens is 3. The van der Waals surface area contributed by atoms with Crippen LogP contribution in [0.15, 0.2) is 36.3 Å². The number of nitrogens with two attached hydrogens (primary N) is 1. The predicted octanol–water partition coefficient (Wildman–Crippen LogP) is 2.63. The zero-order valence-corrected chi connectivity index (χ0v) is 18.6. The lowest BCUT2D eigenvalue weighted by Gasteiger charge is -2.28. The van der Waals surface area contributed by atoms with Gasteiger partial charge in [0.2, 0.25) is 5.91 Å². The molecule has 2 aliphatic heterocycles. The van der Waals surface area contributed by atoms with Crippen molar-refractivity contribution in [1.29, 1.82) is 0 Å². The number of hydrogen-bond acceptors (Lipinski definition) is 7. The highest BCUT2D eigenvalue weighted by molar-refractivity contribution is 6.20. The number of likely N-dealkylation sites (tertiary alicyclic amines) is 1. The average molecular weight is 475 g/mol. The Kier molecular flexibility index (Phi) is 6.17. The topological polar surface area (TPSA) is 116 Å². The third-order valence-electron chi connectivity index (χ3n) is 5.89. The third kappa shape index (κ3) is 4.40. The normalized spacial score (nSPS) is 19.3. The number of carbonyl (C=O) groups excluding carboxylic acids is 2. The molecule has 4 rings (SSSR count). The van der Waals surface area contributed by atoms with E-state index in [1.165, 1.54) is 0 Å². The van der Waals surface area contributed by atoms with E-state index in [2.05, 4.69) is 20.6 Å². The van der Waals surface area contributed by atoms with Gasteiger partial charge in [0.15, 0.2) is 5.82 Å². The molecule has 4 N–H and O–H groups in total. The van der Waals surface area contributed by atoms with Gasteiger partial charge in [-0.05, 0) is 57.6 Å². The van der Waals surface area contributed by atoms with Gasteiger partial charge >= 0.3 is 6.18 Å². The van der Waals surface area contributed by atoms with Crippen LogP contribution < -0.4 is 21.3 Å². The molecule has 0 bridgehead atoms. The molecule has 0 radical (unpaired) electrons. The van der Waals surface area contributed by atoms with Crippen LogP contribution in [0, 0.1) is 0 Å². The van der Waals surface area contributed by atoms with E-state index in [0.29, 0.717) is 29.7 Å². The summed E-state index contributed by atoms with van der Waals surface area (Å²) in [6.07, 6.45) is -2.03. The molecule has 0 spiro atoms. The van der Waals surface area contributed by atoms with Crippen molar-refractivity contribution in [1.82, 2.24) is 14.9 Å². The summed E-state index contributed by atoms with van der Waals surface area (Å²) in [7, 11) is 1.93. The van der Waals surface area contributed by atoms with Crippen molar-refractivity contribution in [2.75, 3.05) is 35.7 Å². The van der Waals surface area contributed by atoms with Gasteiger partial charge < -0.3 is 21.3 Å². The molecule has 1 saturated heterocycles. The fourth-order valence-corrected chi connectivity index (χ4v) is 4.19. The molecule has 2 aromatic rings. The summed E-state index contributed by atoms with van der Waals surface area (Å²) in [5, 5.41) is 5.91. The van der Waals surface area contributed by atoms with Gasteiger partial charge in [-0.15, -0.1) is 0 Å². The third-order valence-corrected chi connectivity index (χ3v) is 5.89. The Morgan fingerprint density at radius 3 is 2.59 bits per heavy atom. The molecular weight excluding hydrogens is 451 g/mol. The van der Waals surface area contributed by atoms with Gasteiger partial charge in [0.05, 0.1) is 17.4 Å². The number of fused-ring (bicyclic) bond motifs is 1. The molecule has 180 valence electrons. The van der Waals surface area contributed by atoms with E-state index in [1.807, 2.05) is 18.9 Å².